The monoisotopic (exact) mass is 659 g/mol. The number of halogens is 4. The van der Waals surface area contributed by atoms with E-state index in [-0.39, 0.29) is 11.5 Å². The minimum atomic E-state index is -0.430. The van der Waals surface area contributed by atoms with E-state index in [1.807, 2.05) is 19.1 Å². The summed E-state index contributed by atoms with van der Waals surface area (Å²) in [5.74, 6) is 0.664. The molecular weight excluding hydrogens is 644 g/mol. The molecule has 2 amide bonds. The summed E-state index contributed by atoms with van der Waals surface area (Å²) in [6.07, 6.45) is 1.66. The Morgan fingerprint density at radius 3 is 2.46 bits per heavy atom. The molecule has 0 aliphatic carbocycles. The standard InChI is InChI=1S/C25H17Cl3INO4S/c1-2-33-21-11-15(10-19(29)23(21)34-13-14-7-8-16(26)18(28)9-14)12-22-24(31)30(25(32)35-22)20-6-4-3-5-17(20)27/h3-12H,2,13H2,1H3/b22-12-. The van der Waals surface area contributed by atoms with Crippen molar-refractivity contribution in [2.75, 3.05) is 11.5 Å². The first-order valence-electron chi connectivity index (χ1n) is 10.3. The number of carbonyl (C=O) groups excluding carboxylic acids is 2. The van der Waals surface area contributed by atoms with E-state index in [0.29, 0.717) is 44.4 Å². The highest BCUT2D eigenvalue weighted by Crippen LogP contribution is 2.40. The average molecular weight is 661 g/mol. The molecule has 0 aromatic heterocycles. The van der Waals surface area contributed by atoms with Crippen molar-refractivity contribution >= 4 is 92.1 Å². The average Bonchev–Trinajstić information content (AvgIpc) is 3.08. The summed E-state index contributed by atoms with van der Waals surface area (Å²) in [5, 5.41) is 0.847. The van der Waals surface area contributed by atoms with Crippen molar-refractivity contribution in [2.45, 2.75) is 13.5 Å². The maximum Gasteiger partial charge on any atom is 0.298 e. The van der Waals surface area contributed by atoms with Gasteiger partial charge in [-0.25, -0.2) is 4.90 Å². The molecule has 1 fully saturated rings. The van der Waals surface area contributed by atoms with Crippen molar-refractivity contribution in [2.24, 2.45) is 0 Å². The number of imide groups is 1. The second kappa shape index (κ2) is 11.4. The van der Waals surface area contributed by atoms with Crippen molar-refractivity contribution in [1.29, 1.82) is 0 Å². The molecule has 1 aliphatic rings. The summed E-state index contributed by atoms with van der Waals surface area (Å²) in [6.45, 7) is 2.56. The van der Waals surface area contributed by atoms with Gasteiger partial charge in [-0.2, -0.15) is 0 Å². The summed E-state index contributed by atoms with van der Waals surface area (Å²) in [5.41, 5.74) is 1.91. The minimum Gasteiger partial charge on any atom is -0.490 e. The Morgan fingerprint density at radius 2 is 1.74 bits per heavy atom. The van der Waals surface area contributed by atoms with Crippen LogP contribution in [0.25, 0.3) is 6.08 Å². The Hall–Kier alpha value is -1.91. The molecule has 1 heterocycles. The van der Waals surface area contributed by atoms with E-state index in [1.165, 1.54) is 0 Å². The summed E-state index contributed by atoms with van der Waals surface area (Å²) >= 11 is 21.3. The molecule has 0 spiro atoms. The van der Waals surface area contributed by atoms with Crippen LogP contribution in [0.5, 0.6) is 11.5 Å². The summed E-state index contributed by atoms with van der Waals surface area (Å²) < 4.78 is 12.6. The Morgan fingerprint density at radius 1 is 0.971 bits per heavy atom. The highest BCUT2D eigenvalue weighted by atomic mass is 127. The number of hydrogen-bond acceptors (Lipinski definition) is 5. The van der Waals surface area contributed by atoms with E-state index in [2.05, 4.69) is 22.6 Å². The molecule has 3 aromatic rings. The number of benzene rings is 3. The van der Waals surface area contributed by atoms with Crippen LogP contribution in [0.3, 0.4) is 0 Å². The molecule has 35 heavy (non-hydrogen) atoms. The molecule has 1 aliphatic heterocycles. The summed E-state index contributed by atoms with van der Waals surface area (Å²) in [4.78, 5) is 27.0. The van der Waals surface area contributed by atoms with Crippen LogP contribution < -0.4 is 14.4 Å². The fourth-order valence-corrected chi connectivity index (χ4v) is 5.48. The van der Waals surface area contributed by atoms with Gasteiger partial charge in [0.1, 0.15) is 6.61 Å². The molecule has 10 heteroatoms. The molecule has 0 N–H and O–H groups in total. The molecule has 3 aromatic carbocycles. The molecule has 180 valence electrons. The van der Waals surface area contributed by atoms with Gasteiger partial charge in [0, 0.05) is 0 Å². The number of carbonyl (C=O) groups is 2. The maximum absolute atomic E-state index is 13.0. The zero-order valence-electron chi connectivity index (χ0n) is 18.2. The van der Waals surface area contributed by atoms with E-state index in [1.54, 1.807) is 48.5 Å². The smallest absolute Gasteiger partial charge is 0.298 e. The van der Waals surface area contributed by atoms with Gasteiger partial charge in [0.25, 0.3) is 11.1 Å². The van der Waals surface area contributed by atoms with E-state index in [9.17, 15) is 9.59 Å². The first kappa shape index (κ1) is 26.2. The van der Waals surface area contributed by atoms with Crippen LogP contribution in [0.2, 0.25) is 15.1 Å². The first-order chi connectivity index (χ1) is 16.8. The van der Waals surface area contributed by atoms with Crippen molar-refractivity contribution in [1.82, 2.24) is 0 Å². The van der Waals surface area contributed by atoms with Crippen LogP contribution in [0.4, 0.5) is 10.5 Å². The SMILES string of the molecule is CCOc1cc(/C=C2\SC(=O)N(c3ccccc3Cl)C2=O)cc(I)c1OCc1ccc(Cl)c(Cl)c1. The van der Waals surface area contributed by atoms with Gasteiger partial charge in [0.2, 0.25) is 0 Å². The van der Waals surface area contributed by atoms with Crippen LogP contribution in [-0.4, -0.2) is 17.8 Å². The number of hydrogen-bond donors (Lipinski definition) is 0. The number of amides is 2. The van der Waals surface area contributed by atoms with Crippen molar-refractivity contribution in [3.8, 4) is 11.5 Å². The van der Waals surface area contributed by atoms with E-state index in [4.69, 9.17) is 44.3 Å². The third-order valence-electron chi connectivity index (χ3n) is 4.88. The van der Waals surface area contributed by atoms with Crippen molar-refractivity contribution in [3.05, 3.63) is 89.3 Å². The van der Waals surface area contributed by atoms with Gasteiger partial charge in [0.05, 0.1) is 35.8 Å². The second-order valence-electron chi connectivity index (χ2n) is 7.27. The molecule has 0 bridgehead atoms. The lowest BCUT2D eigenvalue weighted by Crippen LogP contribution is -2.27. The molecule has 1 saturated heterocycles. The molecule has 5 nitrogen and oxygen atoms in total. The van der Waals surface area contributed by atoms with Crippen molar-refractivity contribution in [3.63, 3.8) is 0 Å². The van der Waals surface area contributed by atoms with Gasteiger partial charge in [-0.05, 0) is 94.9 Å². The van der Waals surface area contributed by atoms with Crippen LogP contribution in [0.15, 0.2) is 59.5 Å². The largest absolute Gasteiger partial charge is 0.490 e. The zero-order chi connectivity index (χ0) is 25.1. The third kappa shape index (κ3) is 5.91. The molecule has 0 radical (unpaired) electrons. The third-order valence-corrected chi connectivity index (χ3v) is 7.61. The van der Waals surface area contributed by atoms with Crippen LogP contribution in [-0.2, 0) is 11.4 Å². The first-order valence-corrected chi connectivity index (χ1v) is 13.4. The van der Waals surface area contributed by atoms with E-state index < -0.39 is 11.1 Å². The Balaban J connectivity index is 1.61. The Labute approximate surface area is 235 Å². The zero-order valence-corrected chi connectivity index (χ0v) is 23.4. The number of ether oxygens (including phenoxy) is 2. The lowest BCUT2D eigenvalue weighted by atomic mass is 10.1. The van der Waals surface area contributed by atoms with Gasteiger partial charge >= 0.3 is 0 Å². The quantitative estimate of drug-likeness (QED) is 0.188. The normalized spacial score (nSPS) is 14.7. The molecule has 0 atom stereocenters. The van der Waals surface area contributed by atoms with Gasteiger partial charge in [0.15, 0.2) is 11.5 Å². The second-order valence-corrected chi connectivity index (χ2v) is 10.6. The molecule has 4 rings (SSSR count). The van der Waals surface area contributed by atoms with Crippen molar-refractivity contribution < 1.29 is 19.1 Å². The van der Waals surface area contributed by atoms with Crippen LogP contribution >= 0.6 is 69.2 Å². The lowest BCUT2D eigenvalue weighted by Gasteiger charge is -2.15. The van der Waals surface area contributed by atoms with E-state index >= 15 is 0 Å². The minimum absolute atomic E-state index is 0.267. The van der Waals surface area contributed by atoms with Gasteiger partial charge in [-0.15, -0.1) is 0 Å². The number of nitrogens with zero attached hydrogens (tertiary/aromatic N) is 1. The highest BCUT2D eigenvalue weighted by Gasteiger charge is 2.37. The number of rotatable bonds is 7. The summed E-state index contributed by atoms with van der Waals surface area (Å²) in [6, 6.07) is 15.7. The Kier molecular flexibility index (Phi) is 8.54. The molecule has 0 saturated carbocycles. The fraction of sp³-hybridized carbons (Fsp3) is 0.120. The number of para-hydroxylation sites is 1. The highest BCUT2D eigenvalue weighted by molar-refractivity contribution is 14.1. The number of anilines is 1. The fourth-order valence-electron chi connectivity index (χ4n) is 3.32. The van der Waals surface area contributed by atoms with Crippen LogP contribution in [0, 0.1) is 3.57 Å². The number of thioether (sulfide) groups is 1. The maximum atomic E-state index is 13.0. The predicted octanol–water partition coefficient (Wildman–Crippen LogP) is 8.47. The van der Waals surface area contributed by atoms with Crippen LogP contribution in [0.1, 0.15) is 18.1 Å². The van der Waals surface area contributed by atoms with Gasteiger partial charge < -0.3 is 9.47 Å². The van der Waals surface area contributed by atoms with E-state index in [0.717, 1.165) is 25.8 Å². The summed E-state index contributed by atoms with van der Waals surface area (Å²) in [7, 11) is 0. The lowest BCUT2D eigenvalue weighted by molar-refractivity contribution is -0.113. The topological polar surface area (TPSA) is 55.8 Å². The molecule has 0 unspecified atom stereocenters. The van der Waals surface area contributed by atoms with Gasteiger partial charge in [-0.3, -0.25) is 9.59 Å². The Bertz CT molecular complexity index is 1350. The van der Waals surface area contributed by atoms with Gasteiger partial charge in [-0.1, -0.05) is 53.0 Å². The predicted molar refractivity (Wildman–Crippen MR) is 151 cm³/mol. The molecular formula is C25H17Cl3INO4S.